The van der Waals surface area contributed by atoms with E-state index in [4.69, 9.17) is 35.3 Å². The molecule has 4 amide bonds. The van der Waals surface area contributed by atoms with Gasteiger partial charge in [0.15, 0.2) is 6.61 Å². The number of carbonyl (C=O) groups is 6. The highest BCUT2D eigenvalue weighted by atomic mass is 35.5. The number of rotatable bonds is 23. The molecule has 0 unspecified atom stereocenters. The lowest BCUT2D eigenvalue weighted by molar-refractivity contribution is -0.311. The Kier molecular flexibility index (Phi) is 20.2. The van der Waals surface area contributed by atoms with Crippen LogP contribution in [-0.4, -0.2) is 140 Å². The van der Waals surface area contributed by atoms with E-state index in [1.54, 1.807) is 24.3 Å². The van der Waals surface area contributed by atoms with Gasteiger partial charge in [-0.05, 0) is 30.5 Å². The summed E-state index contributed by atoms with van der Waals surface area (Å²) in [6, 6.07) is 5.07. The van der Waals surface area contributed by atoms with E-state index in [2.05, 4.69) is 21.3 Å². The second-order valence-corrected chi connectivity index (χ2v) is 12.7. The van der Waals surface area contributed by atoms with E-state index in [-0.39, 0.29) is 37.9 Å². The van der Waals surface area contributed by atoms with E-state index in [0.29, 0.717) is 49.5 Å². The van der Waals surface area contributed by atoms with Crippen LogP contribution in [0.1, 0.15) is 51.5 Å². The molecular weight excluding hydrogens is 724 g/mol. The van der Waals surface area contributed by atoms with Gasteiger partial charge in [-0.25, -0.2) is 4.79 Å². The third kappa shape index (κ3) is 16.8. The van der Waals surface area contributed by atoms with Crippen LogP contribution in [0.15, 0.2) is 24.3 Å². The second-order valence-electron chi connectivity index (χ2n) is 12.2. The van der Waals surface area contributed by atoms with E-state index in [1.807, 2.05) is 0 Å². The molecule has 2 rings (SSSR count). The summed E-state index contributed by atoms with van der Waals surface area (Å²) >= 11 is 5.88. The summed E-state index contributed by atoms with van der Waals surface area (Å²) in [5.41, 5.74) is 0.637. The lowest BCUT2D eigenvalue weighted by atomic mass is 9.88. The van der Waals surface area contributed by atoms with Crippen molar-refractivity contribution in [2.75, 3.05) is 53.2 Å². The average Bonchev–Trinajstić information content (AvgIpc) is 3.11. The van der Waals surface area contributed by atoms with Crippen molar-refractivity contribution in [2.45, 2.75) is 88.6 Å². The summed E-state index contributed by atoms with van der Waals surface area (Å²) in [5.74, 6) is -5.83. The molecule has 18 nitrogen and oxygen atoms in total. The molecular formula is C34H51ClN4O14. The predicted molar refractivity (Wildman–Crippen MR) is 186 cm³/mol. The van der Waals surface area contributed by atoms with Crippen LogP contribution in [0.5, 0.6) is 0 Å². The van der Waals surface area contributed by atoms with Crippen molar-refractivity contribution in [2.24, 2.45) is 0 Å². The van der Waals surface area contributed by atoms with E-state index < -0.39 is 79.6 Å². The first-order valence-electron chi connectivity index (χ1n) is 17.1. The number of aliphatic hydroxyl groups excluding tert-OH is 3. The van der Waals surface area contributed by atoms with Crippen LogP contribution < -0.4 is 21.3 Å². The van der Waals surface area contributed by atoms with Crippen LogP contribution in [0.4, 0.5) is 0 Å². The van der Waals surface area contributed by atoms with Gasteiger partial charge in [0.2, 0.25) is 17.7 Å². The summed E-state index contributed by atoms with van der Waals surface area (Å²) < 4.78 is 26.7. The van der Waals surface area contributed by atoms with Gasteiger partial charge in [-0.3, -0.25) is 24.0 Å². The van der Waals surface area contributed by atoms with Crippen LogP contribution in [0.2, 0.25) is 5.02 Å². The summed E-state index contributed by atoms with van der Waals surface area (Å²) in [7, 11) is 1.05. The SMILES string of the molecule is COC(=O)[C@@]1(OCCCCCC(=O)NCCOCCNC(C)=O)C[C@H](O)[C@@H](NC(=O)COC(C)=O)[C@H]([C@H](O)[C@H](O)CNC(=O)Cc2ccc(Cl)cc2)O1. The molecule has 298 valence electrons. The number of nitrogens with one attached hydrogen (secondary N) is 4. The maximum atomic E-state index is 13.1. The molecule has 1 aromatic carbocycles. The first-order valence-corrected chi connectivity index (χ1v) is 17.5. The number of ether oxygens (including phenoxy) is 5. The van der Waals surface area contributed by atoms with Crippen molar-refractivity contribution in [3.63, 3.8) is 0 Å². The molecule has 53 heavy (non-hydrogen) atoms. The maximum Gasteiger partial charge on any atom is 0.366 e. The quantitative estimate of drug-likeness (QED) is 0.0501. The standard InChI is InChI=1S/C34H51ClN4O14/c1-21(40)36-12-15-50-16-13-37-27(44)7-5-4-6-14-52-34(33(48)49-3)18-25(42)30(39-29(46)20-51-22(2)41)32(53-34)31(47)26(43)19-38-28(45)17-23-8-10-24(35)11-9-23/h8-11,25-26,30-32,42-43,47H,4-7,12-20H2,1-3H3,(H,36,40)(H,37,44)(H,38,45)(H,39,46)/t25-,26+,30+,31+,32+,34+/m0/s1. The zero-order chi connectivity index (χ0) is 39.4. The Labute approximate surface area is 312 Å². The molecule has 1 fully saturated rings. The number of esters is 2. The molecule has 1 aromatic rings. The molecule has 0 radical (unpaired) electrons. The molecule has 0 saturated carbocycles. The van der Waals surface area contributed by atoms with Gasteiger partial charge in [-0.15, -0.1) is 0 Å². The fourth-order valence-corrected chi connectivity index (χ4v) is 5.34. The number of aliphatic hydroxyl groups is 3. The highest BCUT2D eigenvalue weighted by Crippen LogP contribution is 2.34. The van der Waals surface area contributed by atoms with Crippen LogP contribution >= 0.6 is 11.6 Å². The van der Waals surface area contributed by atoms with Crippen molar-refractivity contribution >= 4 is 47.2 Å². The van der Waals surface area contributed by atoms with Gasteiger partial charge in [-0.2, -0.15) is 0 Å². The Morgan fingerprint density at radius 3 is 2.25 bits per heavy atom. The highest BCUT2D eigenvalue weighted by molar-refractivity contribution is 6.30. The number of halogens is 1. The van der Waals surface area contributed by atoms with Crippen molar-refractivity contribution in [1.82, 2.24) is 21.3 Å². The third-order valence-electron chi connectivity index (χ3n) is 7.89. The molecule has 0 aliphatic carbocycles. The first kappa shape index (κ1) is 45.2. The number of unbranched alkanes of at least 4 members (excludes halogenated alkanes) is 2. The van der Waals surface area contributed by atoms with Gasteiger partial charge < -0.3 is 60.3 Å². The Bertz CT molecular complexity index is 1350. The van der Waals surface area contributed by atoms with Crippen molar-refractivity contribution in [3.8, 4) is 0 Å². The molecule has 0 aromatic heterocycles. The molecule has 1 saturated heterocycles. The maximum absolute atomic E-state index is 13.1. The lowest BCUT2D eigenvalue weighted by Gasteiger charge is -2.47. The zero-order valence-corrected chi connectivity index (χ0v) is 30.9. The normalized spacial score (nSPS) is 20.7. The van der Waals surface area contributed by atoms with Crippen LogP contribution in [0, 0.1) is 0 Å². The molecule has 6 atom stereocenters. The average molecular weight is 775 g/mol. The fourth-order valence-electron chi connectivity index (χ4n) is 5.22. The zero-order valence-electron chi connectivity index (χ0n) is 30.1. The molecule has 0 bridgehead atoms. The van der Waals surface area contributed by atoms with Gasteiger partial charge in [0.1, 0.15) is 12.2 Å². The minimum absolute atomic E-state index is 0.0610. The summed E-state index contributed by atoms with van der Waals surface area (Å²) in [6.45, 7) is 2.44. The Morgan fingerprint density at radius 2 is 1.60 bits per heavy atom. The topological polar surface area (TPSA) is 257 Å². The molecule has 1 aliphatic rings. The molecule has 19 heteroatoms. The molecule has 0 spiro atoms. The smallest absolute Gasteiger partial charge is 0.366 e. The largest absolute Gasteiger partial charge is 0.465 e. The minimum atomic E-state index is -2.29. The monoisotopic (exact) mass is 774 g/mol. The Balaban J connectivity index is 2.02. The fraction of sp³-hybridized carbons (Fsp3) is 0.647. The Hall–Kier alpha value is -3.91. The Morgan fingerprint density at radius 1 is 0.925 bits per heavy atom. The van der Waals surface area contributed by atoms with Gasteiger partial charge in [0.05, 0.1) is 51.6 Å². The first-order chi connectivity index (χ1) is 25.2. The van der Waals surface area contributed by atoms with E-state index in [0.717, 1.165) is 14.0 Å². The van der Waals surface area contributed by atoms with Crippen molar-refractivity contribution in [3.05, 3.63) is 34.9 Å². The molecule has 1 heterocycles. The molecule has 7 N–H and O–H groups in total. The number of carbonyl (C=O) groups excluding carboxylic acids is 6. The molecule has 1 aliphatic heterocycles. The number of amides is 4. The third-order valence-corrected chi connectivity index (χ3v) is 8.14. The minimum Gasteiger partial charge on any atom is -0.465 e. The van der Waals surface area contributed by atoms with Crippen molar-refractivity contribution in [1.29, 1.82) is 0 Å². The van der Waals surface area contributed by atoms with Gasteiger partial charge in [-0.1, -0.05) is 30.2 Å². The van der Waals surface area contributed by atoms with Crippen LogP contribution in [0.3, 0.4) is 0 Å². The number of hydrogen-bond acceptors (Lipinski definition) is 14. The summed E-state index contributed by atoms with van der Waals surface area (Å²) in [6.07, 6.45) is -6.09. The number of benzene rings is 1. The van der Waals surface area contributed by atoms with Gasteiger partial charge >= 0.3 is 11.9 Å². The van der Waals surface area contributed by atoms with Gasteiger partial charge in [0, 0.05) is 51.3 Å². The van der Waals surface area contributed by atoms with Crippen LogP contribution in [-0.2, 0) is 58.9 Å². The van der Waals surface area contributed by atoms with E-state index in [9.17, 15) is 44.1 Å². The van der Waals surface area contributed by atoms with E-state index in [1.165, 1.54) is 6.92 Å². The van der Waals surface area contributed by atoms with E-state index >= 15 is 0 Å². The summed E-state index contributed by atoms with van der Waals surface area (Å²) in [4.78, 5) is 72.4. The number of hydrogen-bond donors (Lipinski definition) is 7. The van der Waals surface area contributed by atoms with Crippen molar-refractivity contribution < 1.29 is 67.8 Å². The number of methoxy groups -OCH3 is 1. The van der Waals surface area contributed by atoms with Crippen LogP contribution in [0.25, 0.3) is 0 Å². The lowest BCUT2D eigenvalue weighted by Crippen LogP contribution is -2.68. The summed E-state index contributed by atoms with van der Waals surface area (Å²) in [5, 5.41) is 44.1. The second kappa shape index (κ2) is 23.7. The highest BCUT2D eigenvalue weighted by Gasteiger charge is 2.56. The van der Waals surface area contributed by atoms with Gasteiger partial charge in [0.25, 0.3) is 11.7 Å². The predicted octanol–water partition coefficient (Wildman–Crippen LogP) is -1.37.